The maximum Gasteiger partial charge on any atom is 0.285 e. The molecular formula is C17H21ClN4O2. The van der Waals surface area contributed by atoms with E-state index in [-0.39, 0.29) is 10.6 Å². The molecule has 1 aliphatic rings. The summed E-state index contributed by atoms with van der Waals surface area (Å²) in [7, 11) is 1.68. The number of H-pyrrole nitrogens is 1. The molecule has 1 aromatic heterocycles. The average Bonchev–Trinajstić information content (AvgIpc) is 2.63. The van der Waals surface area contributed by atoms with E-state index in [9.17, 15) is 4.79 Å². The third kappa shape index (κ3) is 3.39. The highest BCUT2D eigenvalue weighted by atomic mass is 35.5. The number of aromatic amines is 1. The zero-order valence-electron chi connectivity index (χ0n) is 13.8. The molecule has 1 saturated heterocycles. The Morgan fingerprint density at radius 2 is 2.04 bits per heavy atom. The number of halogens is 1. The van der Waals surface area contributed by atoms with Crippen LogP contribution in [0.5, 0.6) is 5.75 Å². The van der Waals surface area contributed by atoms with E-state index in [1.54, 1.807) is 13.3 Å². The van der Waals surface area contributed by atoms with Gasteiger partial charge in [0.05, 0.1) is 19.0 Å². The number of aromatic nitrogens is 2. The van der Waals surface area contributed by atoms with Crippen molar-refractivity contribution in [2.24, 2.45) is 0 Å². The Labute approximate surface area is 146 Å². The first-order valence-corrected chi connectivity index (χ1v) is 8.34. The smallest absolute Gasteiger partial charge is 0.285 e. The maximum absolute atomic E-state index is 11.6. The van der Waals surface area contributed by atoms with Crippen LogP contribution in [-0.4, -0.2) is 48.4 Å². The summed E-state index contributed by atoms with van der Waals surface area (Å²) in [6.45, 7) is 5.59. The minimum Gasteiger partial charge on any atom is -0.497 e. The average molecular weight is 349 g/mol. The molecular weight excluding hydrogens is 328 g/mol. The molecule has 0 saturated carbocycles. The SMILES string of the molecule is COc1cccc(C(C)N2CCN(c3cn[nH]c(=O)c3Cl)CC2)c1. The Morgan fingerprint density at radius 3 is 2.75 bits per heavy atom. The Morgan fingerprint density at radius 1 is 1.29 bits per heavy atom. The van der Waals surface area contributed by atoms with Crippen LogP contribution in [0.4, 0.5) is 5.69 Å². The lowest BCUT2D eigenvalue weighted by Crippen LogP contribution is -2.47. The van der Waals surface area contributed by atoms with Gasteiger partial charge in [-0.05, 0) is 24.6 Å². The van der Waals surface area contributed by atoms with Crippen LogP contribution >= 0.6 is 11.6 Å². The van der Waals surface area contributed by atoms with E-state index in [1.165, 1.54) is 5.56 Å². The first-order chi connectivity index (χ1) is 11.6. The Bertz CT molecular complexity index is 756. The van der Waals surface area contributed by atoms with Crippen molar-refractivity contribution in [3.8, 4) is 5.75 Å². The quantitative estimate of drug-likeness (QED) is 0.918. The van der Waals surface area contributed by atoms with Gasteiger partial charge in [-0.2, -0.15) is 5.10 Å². The first-order valence-electron chi connectivity index (χ1n) is 7.96. The highest BCUT2D eigenvalue weighted by molar-refractivity contribution is 6.32. The van der Waals surface area contributed by atoms with Gasteiger partial charge in [-0.3, -0.25) is 9.69 Å². The van der Waals surface area contributed by atoms with Gasteiger partial charge >= 0.3 is 0 Å². The number of methoxy groups -OCH3 is 1. The zero-order valence-corrected chi connectivity index (χ0v) is 14.6. The van der Waals surface area contributed by atoms with Crippen molar-refractivity contribution in [2.45, 2.75) is 13.0 Å². The van der Waals surface area contributed by atoms with Crippen LogP contribution in [0.3, 0.4) is 0 Å². The monoisotopic (exact) mass is 348 g/mol. The van der Waals surface area contributed by atoms with Gasteiger partial charge in [0, 0.05) is 32.2 Å². The molecule has 0 spiro atoms. The third-order valence-electron chi connectivity index (χ3n) is 4.56. The van der Waals surface area contributed by atoms with Crippen molar-refractivity contribution >= 4 is 17.3 Å². The second-order valence-corrected chi connectivity index (χ2v) is 6.25. The topological polar surface area (TPSA) is 61.5 Å². The molecule has 0 bridgehead atoms. The highest BCUT2D eigenvalue weighted by Crippen LogP contribution is 2.27. The maximum atomic E-state index is 11.6. The highest BCUT2D eigenvalue weighted by Gasteiger charge is 2.24. The van der Waals surface area contributed by atoms with Crippen molar-refractivity contribution in [1.29, 1.82) is 0 Å². The molecule has 7 heteroatoms. The largest absolute Gasteiger partial charge is 0.497 e. The molecule has 1 fully saturated rings. The van der Waals surface area contributed by atoms with Crippen LogP contribution in [-0.2, 0) is 0 Å². The van der Waals surface area contributed by atoms with Crippen LogP contribution in [0.2, 0.25) is 5.02 Å². The molecule has 1 aromatic carbocycles. The van der Waals surface area contributed by atoms with Crippen LogP contribution in [0.25, 0.3) is 0 Å². The third-order valence-corrected chi connectivity index (χ3v) is 4.92. The minimum atomic E-state index is -0.346. The molecule has 1 unspecified atom stereocenters. The lowest BCUT2D eigenvalue weighted by atomic mass is 10.1. The standard InChI is InChI=1S/C17H21ClN4O2/c1-12(13-4-3-5-14(10-13)24-2)21-6-8-22(9-7-21)15-11-19-20-17(23)16(15)18/h3-5,10-12H,6-9H2,1-2H3,(H,20,23). The number of hydrogen-bond donors (Lipinski definition) is 1. The summed E-state index contributed by atoms with van der Waals surface area (Å²) in [4.78, 5) is 16.1. The van der Waals surface area contributed by atoms with E-state index in [0.29, 0.717) is 11.7 Å². The van der Waals surface area contributed by atoms with Crippen LogP contribution in [0, 0.1) is 0 Å². The van der Waals surface area contributed by atoms with Gasteiger partial charge < -0.3 is 9.64 Å². The fourth-order valence-corrected chi connectivity index (χ4v) is 3.27. The van der Waals surface area contributed by atoms with E-state index in [1.807, 2.05) is 12.1 Å². The molecule has 0 radical (unpaired) electrons. The van der Waals surface area contributed by atoms with E-state index < -0.39 is 0 Å². The molecule has 0 aliphatic carbocycles. The van der Waals surface area contributed by atoms with Crippen molar-refractivity contribution in [3.63, 3.8) is 0 Å². The fraction of sp³-hybridized carbons (Fsp3) is 0.412. The first kappa shape index (κ1) is 16.8. The lowest BCUT2D eigenvalue weighted by Gasteiger charge is -2.39. The van der Waals surface area contributed by atoms with Crippen molar-refractivity contribution in [3.05, 3.63) is 51.4 Å². The molecule has 6 nitrogen and oxygen atoms in total. The number of hydrogen-bond acceptors (Lipinski definition) is 5. The predicted octanol–water partition coefficient (Wildman–Crippen LogP) is 2.32. The van der Waals surface area contributed by atoms with Gasteiger partial charge in [0.1, 0.15) is 10.8 Å². The molecule has 24 heavy (non-hydrogen) atoms. The van der Waals surface area contributed by atoms with Gasteiger partial charge in [0.15, 0.2) is 0 Å². The van der Waals surface area contributed by atoms with Crippen LogP contribution < -0.4 is 15.2 Å². The van der Waals surface area contributed by atoms with Crippen LogP contribution in [0.1, 0.15) is 18.5 Å². The molecule has 128 valence electrons. The van der Waals surface area contributed by atoms with E-state index in [2.05, 4.69) is 39.1 Å². The van der Waals surface area contributed by atoms with E-state index in [0.717, 1.165) is 31.9 Å². The number of rotatable bonds is 4. The Kier molecular flexibility index (Phi) is 5.06. The molecule has 0 amide bonds. The molecule has 1 atom stereocenters. The van der Waals surface area contributed by atoms with E-state index in [4.69, 9.17) is 16.3 Å². The lowest BCUT2D eigenvalue weighted by molar-refractivity contribution is 0.198. The number of nitrogens with one attached hydrogen (secondary N) is 1. The minimum absolute atomic E-state index is 0.208. The summed E-state index contributed by atoms with van der Waals surface area (Å²) in [6, 6.07) is 8.47. The van der Waals surface area contributed by atoms with Crippen molar-refractivity contribution in [1.82, 2.24) is 15.1 Å². The zero-order chi connectivity index (χ0) is 17.1. The van der Waals surface area contributed by atoms with Crippen molar-refractivity contribution in [2.75, 3.05) is 38.2 Å². The van der Waals surface area contributed by atoms with Crippen LogP contribution in [0.15, 0.2) is 35.3 Å². The Hall–Kier alpha value is -2.05. The van der Waals surface area contributed by atoms with Gasteiger partial charge in [-0.15, -0.1) is 0 Å². The fourth-order valence-electron chi connectivity index (χ4n) is 3.06. The predicted molar refractivity (Wildman–Crippen MR) is 95.1 cm³/mol. The normalized spacial score (nSPS) is 16.9. The summed E-state index contributed by atoms with van der Waals surface area (Å²) >= 11 is 6.10. The summed E-state index contributed by atoms with van der Waals surface area (Å²) in [5.41, 5.74) is 1.59. The van der Waals surface area contributed by atoms with Gasteiger partial charge in [0.2, 0.25) is 0 Å². The molecule has 3 rings (SSSR count). The number of piperazine rings is 1. The number of anilines is 1. The second-order valence-electron chi connectivity index (χ2n) is 5.87. The molecule has 2 aromatic rings. The number of nitrogens with zero attached hydrogens (tertiary/aromatic N) is 3. The summed E-state index contributed by atoms with van der Waals surface area (Å²) in [5.74, 6) is 0.874. The van der Waals surface area contributed by atoms with Gasteiger partial charge in [0.25, 0.3) is 5.56 Å². The summed E-state index contributed by atoms with van der Waals surface area (Å²) < 4.78 is 5.31. The van der Waals surface area contributed by atoms with Crippen molar-refractivity contribution < 1.29 is 4.74 Å². The second kappa shape index (κ2) is 7.23. The molecule has 1 N–H and O–H groups in total. The van der Waals surface area contributed by atoms with E-state index >= 15 is 0 Å². The summed E-state index contributed by atoms with van der Waals surface area (Å²) in [5, 5.41) is 6.41. The molecule has 1 aliphatic heterocycles. The molecule has 2 heterocycles. The Balaban J connectivity index is 1.68. The number of ether oxygens (including phenoxy) is 1. The van der Waals surface area contributed by atoms with Gasteiger partial charge in [-0.1, -0.05) is 23.7 Å². The summed E-state index contributed by atoms with van der Waals surface area (Å²) in [6.07, 6.45) is 1.62. The van der Waals surface area contributed by atoms with Gasteiger partial charge in [-0.25, -0.2) is 5.10 Å². The number of benzene rings is 1.